The van der Waals surface area contributed by atoms with Crippen LogP contribution in [0.15, 0.2) is 48.5 Å². The molecule has 0 aliphatic heterocycles. The van der Waals surface area contributed by atoms with Gasteiger partial charge in [0.2, 0.25) is 5.91 Å². The van der Waals surface area contributed by atoms with E-state index in [1.165, 1.54) is 13.8 Å². The van der Waals surface area contributed by atoms with Crippen LogP contribution in [-0.4, -0.2) is 209 Å². The average molecular weight is 1140 g/mol. The molecule has 3 unspecified atom stereocenters. The number of hydrogen-bond donors (Lipinski definition) is 21. The molecule has 0 spiro atoms. The third kappa shape index (κ3) is 18.5. The van der Waals surface area contributed by atoms with Gasteiger partial charge >= 0.3 is 47.8 Å². The summed E-state index contributed by atoms with van der Waals surface area (Å²) in [6, 6.07) is 10.0. The predicted molar refractivity (Wildman–Crippen MR) is 276 cm³/mol. The number of carboxylic acid groups (broad SMARTS) is 8. The topological polar surface area (TPSA) is 548 Å². The first-order chi connectivity index (χ1) is 38.0. The number of nitrogens with one attached hydrogen (secondary N) is 12. The van der Waals surface area contributed by atoms with E-state index in [2.05, 4.69) is 63.6 Å². The first-order valence-electron chi connectivity index (χ1n) is 24.1. The van der Waals surface area contributed by atoms with Crippen LogP contribution in [0.5, 0.6) is 0 Å². The SMILES string of the molecule is CC(NCC(=O)O)(NCC(=O)O)C(NCCC(NCC(=O)NNC(=O)c1[nH]c2ccccc2c1Cc1c(C(=O)NNC(=O)CC(N)(CCN(CC(=O)O)C(C)(NCC(=O)O)NCC(=O)O)C(=O)O)[nH]c2ccccc12)C(=O)O)C(=O)O. The maximum absolute atomic E-state index is 14.0. The molecule has 0 radical (unpaired) electrons. The Bertz CT molecular complexity index is 3000. The van der Waals surface area contributed by atoms with Crippen molar-refractivity contribution in [1.82, 2.24) is 68.5 Å². The number of carboxylic acids is 8. The molecule has 2 aromatic carbocycles. The maximum Gasteiger partial charge on any atom is 0.324 e. The van der Waals surface area contributed by atoms with Gasteiger partial charge in [-0.1, -0.05) is 36.4 Å². The summed E-state index contributed by atoms with van der Waals surface area (Å²) < 4.78 is 0. The van der Waals surface area contributed by atoms with Gasteiger partial charge in [0.05, 0.1) is 51.4 Å². The van der Waals surface area contributed by atoms with E-state index in [-0.39, 0.29) is 36.3 Å². The third-order valence-electron chi connectivity index (χ3n) is 12.5. The van der Waals surface area contributed by atoms with E-state index in [0.29, 0.717) is 27.4 Å². The van der Waals surface area contributed by atoms with Crippen molar-refractivity contribution in [3.63, 3.8) is 0 Å². The van der Waals surface area contributed by atoms with Gasteiger partial charge in [0.25, 0.3) is 17.7 Å². The Hall–Kier alpha value is -9.16. The van der Waals surface area contributed by atoms with Crippen LogP contribution in [-0.2, 0) is 54.4 Å². The van der Waals surface area contributed by atoms with Crippen LogP contribution in [0.4, 0.5) is 0 Å². The minimum absolute atomic E-state index is 0.106. The van der Waals surface area contributed by atoms with Gasteiger partial charge in [0.15, 0.2) is 0 Å². The minimum Gasteiger partial charge on any atom is -0.480 e. The molecule has 0 bridgehead atoms. The molecule has 4 rings (SSSR count). The Balaban J connectivity index is 1.48. The molecule has 34 heteroatoms. The first kappa shape index (κ1) is 64.4. The van der Waals surface area contributed by atoms with Crippen molar-refractivity contribution in [1.29, 1.82) is 0 Å². The predicted octanol–water partition coefficient (Wildman–Crippen LogP) is -4.73. The summed E-state index contributed by atoms with van der Waals surface area (Å²) in [6.45, 7) is -3.28. The summed E-state index contributed by atoms with van der Waals surface area (Å²) in [6.07, 6.45) is -2.24. The zero-order valence-electron chi connectivity index (χ0n) is 43.3. The number of aromatic nitrogens is 2. The smallest absolute Gasteiger partial charge is 0.324 e. The molecule has 2 heterocycles. The fourth-order valence-electron chi connectivity index (χ4n) is 8.32. The Morgan fingerprint density at radius 3 is 1.46 bits per heavy atom. The number of rotatable bonds is 35. The Morgan fingerprint density at radius 2 is 1.02 bits per heavy atom. The van der Waals surface area contributed by atoms with Crippen LogP contribution in [0.2, 0.25) is 0 Å². The number of amides is 4. The number of para-hydroxylation sites is 2. The zero-order valence-corrected chi connectivity index (χ0v) is 43.3. The molecule has 0 aliphatic rings. The molecule has 0 fully saturated rings. The number of aromatic amines is 2. The molecule has 440 valence electrons. The maximum atomic E-state index is 14.0. The van der Waals surface area contributed by atoms with E-state index in [1.54, 1.807) is 48.5 Å². The van der Waals surface area contributed by atoms with Crippen LogP contribution in [0.1, 0.15) is 65.2 Å². The number of nitrogens with zero attached hydrogens (tertiary/aromatic N) is 1. The third-order valence-corrected chi connectivity index (χ3v) is 12.5. The van der Waals surface area contributed by atoms with E-state index < -0.39 is 159 Å². The molecule has 22 N–H and O–H groups in total. The number of nitrogens with two attached hydrogens (primary N) is 1. The lowest BCUT2D eigenvalue weighted by molar-refractivity contribution is -0.147. The highest BCUT2D eigenvalue weighted by Crippen LogP contribution is 2.31. The number of carbonyl (C=O) groups is 12. The molecule has 34 nitrogen and oxygen atoms in total. The van der Waals surface area contributed by atoms with Gasteiger partial charge in [0, 0.05) is 34.8 Å². The lowest BCUT2D eigenvalue weighted by atomic mass is 9.91. The fraction of sp³-hybridized carbons (Fsp3) is 0.404. The van der Waals surface area contributed by atoms with Crippen molar-refractivity contribution in [2.45, 2.75) is 68.6 Å². The second-order valence-corrected chi connectivity index (χ2v) is 18.5. The van der Waals surface area contributed by atoms with E-state index >= 15 is 0 Å². The molecular formula is C47H62N14O20. The molecule has 0 saturated heterocycles. The zero-order chi connectivity index (χ0) is 60.4. The van der Waals surface area contributed by atoms with Gasteiger partial charge in [-0.3, -0.25) is 111 Å². The number of hydrazine groups is 2. The number of benzene rings is 2. The van der Waals surface area contributed by atoms with E-state index in [9.17, 15) is 88.2 Å². The number of H-pyrrole nitrogens is 2. The lowest BCUT2D eigenvalue weighted by Crippen LogP contribution is -2.70. The highest BCUT2D eigenvalue weighted by atomic mass is 16.4. The van der Waals surface area contributed by atoms with Crippen LogP contribution >= 0.6 is 0 Å². The van der Waals surface area contributed by atoms with Crippen LogP contribution < -0.4 is 59.3 Å². The Kier molecular flexibility index (Phi) is 22.8. The van der Waals surface area contributed by atoms with Crippen molar-refractivity contribution in [3.8, 4) is 0 Å². The first-order valence-corrected chi connectivity index (χ1v) is 24.1. The molecule has 0 aliphatic carbocycles. The van der Waals surface area contributed by atoms with Crippen molar-refractivity contribution >= 4 is 93.2 Å². The van der Waals surface area contributed by atoms with Crippen molar-refractivity contribution in [3.05, 3.63) is 71.0 Å². The summed E-state index contributed by atoms with van der Waals surface area (Å²) >= 11 is 0. The Labute approximate surface area is 456 Å². The normalized spacial score (nSPS) is 13.1. The summed E-state index contributed by atoms with van der Waals surface area (Å²) in [5.41, 5.74) is 11.8. The largest absolute Gasteiger partial charge is 0.480 e. The summed E-state index contributed by atoms with van der Waals surface area (Å²) in [5, 5.41) is 92.1. The van der Waals surface area contributed by atoms with Crippen molar-refractivity contribution in [2.24, 2.45) is 5.73 Å². The van der Waals surface area contributed by atoms with Gasteiger partial charge < -0.3 is 61.9 Å². The van der Waals surface area contributed by atoms with Gasteiger partial charge in [-0.05, 0) is 56.5 Å². The number of aliphatic carboxylic acids is 8. The number of hydrogen-bond acceptors (Lipinski definition) is 20. The average Bonchev–Trinajstić information content (AvgIpc) is 4.11. The van der Waals surface area contributed by atoms with Crippen LogP contribution in [0, 0.1) is 0 Å². The van der Waals surface area contributed by atoms with Crippen molar-refractivity contribution in [2.75, 3.05) is 52.4 Å². The molecule has 0 saturated carbocycles. The van der Waals surface area contributed by atoms with Gasteiger partial charge in [0.1, 0.15) is 34.8 Å². The quantitative estimate of drug-likeness (QED) is 0.0152. The van der Waals surface area contributed by atoms with Crippen LogP contribution in [0.25, 0.3) is 21.8 Å². The fourth-order valence-corrected chi connectivity index (χ4v) is 8.32. The van der Waals surface area contributed by atoms with Gasteiger partial charge in [-0.2, -0.15) is 0 Å². The minimum atomic E-state index is -2.46. The second-order valence-electron chi connectivity index (χ2n) is 18.5. The molecule has 4 aromatic rings. The lowest BCUT2D eigenvalue weighted by Gasteiger charge is -2.42. The standard InChI is InChI=1S/C47H62N14O20/c1-45(51-18-32(64)65,52-19-33(66)67)39(43(78)79)49-13-11-29(42(76)77)50-17-31(63)58-60-41(75)38-26(24-8-4-6-10-28(24)56-38)15-25-23-7-3-5-9-27(23)55-37(25)40(74)59-57-30(62)16-47(48,44(80)81)12-14-61(22-36(72)73)46(2,53-20-34(68)69)54-21-35(70)71/h3-10,29,39,49-56H,11-22,48H2,1-2H3,(H,57,62)(H,58,63)(H,59,74)(H,60,75)(H,64,65)(H,66,67)(H,68,69)(H,70,71)(H,72,73)(H,76,77)(H,78,79)(H,80,81). The monoisotopic (exact) mass is 1140 g/mol. The Morgan fingerprint density at radius 1 is 0.568 bits per heavy atom. The van der Waals surface area contributed by atoms with Gasteiger partial charge in [-0.25, -0.2) is 0 Å². The van der Waals surface area contributed by atoms with Crippen molar-refractivity contribution < 1.29 is 98.4 Å². The summed E-state index contributed by atoms with van der Waals surface area (Å²) in [7, 11) is 0. The van der Waals surface area contributed by atoms with Crippen LogP contribution in [0.3, 0.4) is 0 Å². The molecular weight excluding hydrogens is 1080 g/mol. The van der Waals surface area contributed by atoms with E-state index in [1.807, 2.05) is 0 Å². The summed E-state index contributed by atoms with van der Waals surface area (Å²) in [5.74, 6) is -17.7. The number of fused-ring (bicyclic) bond motifs is 2. The second kappa shape index (κ2) is 28.6. The molecule has 4 amide bonds. The molecule has 2 aromatic heterocycles. The molecule has 3 atom stereocenters. The molecule has 81 heavy (non-hydrogen) atoms. The summed E-state index contributed by atoms with van der Waals surface area (Å²) in [4.78, 5) is 155. The van der Waals surface area contributed by atoms with Gasteiger partial charge in [-0.15, -0.1) is 0 Å². The van der Waals surface area contributed by atoms with E-state index in [0.717, 1.165) is 4.90 Å². The van der Waals surface area contributed by atoms with E-state index in [4.69, 9.17) is 15.9 Å². The highest BCUT2D eigenvalue weighted by molar-refractivity contribution is 6.05. The highest BCUT2D eigenvalue weighted by Gasteiger charge is 2.42. The number of carbonyl (C=O) groups excluding carboxylic acids is 4.